The van der Waals surface area contributed by atoms with Gasteiger partial charge in [0.25, 0.3) is 21.0 Å². The van der Waals surface area contributed by atoms with E-state index in [1.807, 2.05) is 44.2 Å². The van der Waals surface area contributed by atoms with Crippen molar-refractivity contribution in [1.29, 1.82) is 0 Å². The Morgan fingerprint density at radius 1 is 1.02 bits per heavy atom. The molecule has 1 aromatic rings. The molecule has 4 amide bonds. The minimum Gasteiger partial charge on any atom is -0.350 e. The molecule has 15 heteroatoms. The van der Waals surface area contributed by atoms with E-state index in [-0.39, 0.29) is 36.8 Å². The smallest absolute Gasteiger partial charge is 0.295 e. The number of hydrogen-bond donors (Lipinski definition) is 2. The summed E-state index contributed by atoms with van der Waals surface area (Å²) < 4.78 is 33.5. The highest BCUT2D eigenvalue weighted by atomic mass is 32.2. The first-order valence-corrected chi connectivity index (χ1v) is 18.6. The SMILES string of the molecule is CC(C)C[C@@H](C(=O)NN(CC(C)C)S(=O)(=O)C(=O)CN1C(=O)C2=CC=CC(=O)C2C1=O)[C@H](CC=Cc1ccccc1)C(=O)NOC1CCCCO1. The van der Waals surface area contributed by atoms with Crippen LogP contribution in [-0.4, -0.2) is 78.2 Å². The van der Waals surface area contributed by atoms with Gasteiger partial charge in [0, 0.05) is 25.1 Å². The molecule has 2 N–H and O–H groups in total. The van der Waals surface area contributed by atoms with Crippen molar-refractivity contribution in [1.82, 2.24) is 20.2 Å². The van der Waals surface area contributed by atoms with Crippen LogP contribution in [0.25, 0.3) is 6.08 Å². The second-order valence-electron chi connectivity index (χ2n) is 13.6. The molecular weight excluding hydrogens is 680 g/mol. The lowest BCUT2D eigenvalue weighted by Crippen LogP contribution is -2.55. The second kappa shape index (κ2) is 17.8. The zero-order valence-corrected chi connectivity index (χ0v) is 30.1. The first-order valence-electron chi connectivity index (χ1n) is 17.1. The summed E-state index contributed by atoms with van der Waals surface area (Å²) in [6.45, 7) is 6.04. The standard InChI is InChI=1S/C36H46N4O10S/c1-23(2)20-28(26(15-10-14-25-12-6-5-7-13-25)34(44)38-50-31-18-8-9-19-49-31)33(43)37-40(21-24(3)4)51(47,48)30(42)22-39-35(45)27-16-11-17-29(41)32(27)36(39)46/h5-7,10-14,16-17,23-24,26,28,31-32H,8-9,15,18-22H2,1-4H3,(H,37,43)(H,38,44)/t26-,28+,31?,32?/m0/s1. The summed E-state index contributed by atoms with van der Waals surface area (Å²) >= 11 is 0. The number of imide groups is 1. The van der Waals surface area contributed by atoms with E-state index in [2.05, 4.69) is 10.9 Å². The number of rotatable bonds is 16. The van der Waals surface area contributed by atoms with Gasteiger partial charge in [-0.3, -0.25) is 39.1 Å². The first-order chi connectivity index (χ1) is 24.2. The molecule has 0 radical (unpaired) electrons. The number of nitrogens with one attached hydrogen (secondary N) is 2. The van der Waals surface area contributed by atoms with Gasteiger partial charge in [0.15, 0.2) is 12.1 Å². The third-order valence-electron chi connectivity index (χ3n) is 8.58. The summed E-state index contributed by atoms with van der Waals surface area (Å²) in [6, 6.07) is 9.34. The number of hydroxylamine groups is 1. The molecule has 2 unspecified atom stereocenters. The van der Waals surface area contributed by atoms with E-state index in [0.717, 1.165) is 24.5 Å². The summed E-state index contributed by atoms with van der Waals surface area (Å²) in [5.41, 5.74) is 5.55. The Balaban J connectivity index is 1.57. The van der Waals surface area contributed by atoms with Crippen molar-refractivity contribution in [3.05, 3.63) is 65.8 Å². The summed E-state index contributed by atoms with van der Waals surface area (Å²) in [5.74, 6) is -8.09. The van der Waals surface area contributed by atoms with Crippen LogP contribution in [0.5, 0.6) is 0 Å². The van der Waals surface area contributed by atoms with Crippen molar-refractivity contribution in [3.63, 3.8) is 0 Å². The number of sulfonamides is 1. The Hall–Kier alpha value is -4.31. The molecule has 4 rings (SSSR count). The number of carbonyl (C=O) groups excluding carboxylic acids is 6. The molecule has 0 saturated carbocycles. The zero-order chi connectivity index (χ0) is 37.3. The lowest BCUT2D eigenvalue weighted by molar-refractivity contribution is -0.203. The molecule has 0 aromatic heterocycles. The fourth-order valence-corrected chi connectivity index (χ4v) is 7.26. The van der Waals surface area contributed by atoms with Crippen molar-refractivity contribution in [2.24, 2.45) is 29.6 Å². The third-order valence-corrected chi connectivity index (χ3v) is 10.1. The molecule has 1 aromatic carbocycles. The Bertz CT molecular complexity index is 1680. The Morgan fingerprint density at radius 3 is 2.37 bits per heavy atom. The number of benzene rings is 1. The van der Waals surface area contributed by atoms with Gasteiger partial charge in [-0.05, 0) is 49.2 Å². The van der Waals surface area contributed by atoms with Crippen LogP contribution < -0.4 is 10.9 Å². The zero-order valence-electron chi connectivity index (χ0n) is 29.3. The maximum Gasteiger partial charge on any atom is 0.295 e. The summed E-state index contributed by atoms with van der Waals surface area (Å²) in [4.78, 5) is 85.3. The number of likely N-dealkylation sites (tertiary alicyclic amines) is 1. The van der Waals surface area contributed by atoms with Crippen LogP contribution in [-0.2, 0) is 48.4 Å². The van der Waals surface area contributed by atoms with Crippen LogP contribution in [0, 0.1) is 29.6 Å². The monoisotopic (exact) mass is 726 g/mol. The molecule has 51 heavy (non-hydrogen) atoms. The van der Waals surface area contributed by atoms with E-state index in [4.69, 9.17) is 9.57 Å². The fourth-order valence-electron chi connectivity index (χ4n) is 6.01. The highest BCUT2D eigenvalue weighted by Gasteiger charge is 2.49. The van der Waals surface area contributed by atoms with Gasteiger partial charge in [-0.1, -0.05) is 82.3 Å². The first kappa shape index (κ1) is 39.5. The molecule has 2 aliphatic heterocycles. The van der Waals surface area contributed by atoms with Crippen molar-refractivity contribution in [2.75, 3.05) is 19.7 Å². The summed E-state index contributed by atoms with van der Waals surface area (Å²) in [5, 5.41) is -1.54. The molecule has 3 aliphatic rings. The van der Waals surface area contributed by atoms with Crippen molar-refractivity contribution in [2.45, 2.75) is 66.1 Å². The van der Waals surface area contributed by atoms with Crippen molar-refractivity contribution in [3.8, 4) is 0 Å². The van der Waals surface area contributed by atoms with Crippen LogP contribution >= 0.6 is 0 Å². The predicted octanol–water partition coefficient (Wildman–Crippen LogP) is 2.84. The van der Waals surface area contributed by atoms with Gasteiger partial charge in [-0.15, -0.1) is 4.41 Å². The van der Waals surface area contributed by atoms with E-state index >= 15 is 0 Å². The van der Waals surface area contributed by atoms with Gasteiger partial charge in [-0.2, -0.15) is 0 Å². The fraction of sp³-hybridized carbons (Fsp3) is 0.500. The van der Waals surface area contributed by atoms with Crippen LogP contribution in [0.2, 0.25) is 0 Å². The lowest BCUT2D eigenvalue weighted by atomic mass is 9.82. The molecule has 2 heterocycles. The van der Waals surface area contributed by atoms with Gasteiger partial charge in [0.1, 0.15) is 12.5 Å². The molecular formula is C36H46N4O10S. The molecule has 2 saturated heterocycles. The van der Waals surface area contributed by atoms with Gasteiger partial charge >= 0.3 is 0 Å². The number of ether oxygens (including phenoxy) is 1. The molecule has 4 atom stereocenters. The average Bonchev–Trinajstić information content (AvgIpc) is 3.34. The molecule has 1 aliphatic carbocycles. The Morgan fingerprint density at radius 2 is 1.75 bits per heavy atom. The van der Waals surface area contributed by atoms with Gasteiger partial charge in [-0.25, -0.2) is 18.7 Å². The van der Waals surface area contributed by atoms with Crippen molar-refractivity contribution >= 4 is 50.6 Å². The maximum absolute atomic E-state index is 14.1. The number of hydrogen-bond acceptors (Lipinski definition) is 10. The molecule has 2 fully saturated rings. The highest BCUT2D eigenvalue weighted by Crippen LogP contribution is 2.30. The maximum atomic E-state index is 14.1. The molecule has 0 spiro atoms. The number of hydrazine groups is 1. The van der Waals surface area contributed by atoms with E-state index in [1.165, 1.54) is 12.2 Å². The van der Waals surface area contributed by atoms with E-state index in [1.54, 1.807) is 26.0 Å². The van der Waals surface area contributed by atoms with Crippen LogP contribution in [0.15, 0.2) is 60.2 Å². The number of nitrogens with zero attached hydrogens (tertiary/aromatic N) is 2. The highest BCUT2D eigenvalue weighted by molar-refractivity contribution is 8.04. The van der Waals surface area contributed by atoms with Crippen LogP contribution in [0.1, 0.15) is 65.4 Å². The lowest BCUT2D eigenvalue weighted by Gasteiger charge is -2.30. The third kappa shape index (κ3) is 10.2. The second-order valence-corrected chi connectivity index (χ2v) is 15.4. The number of amides is 4. The summed E-state index contributed by atoms with van der Waals surface area (Å²) in [6.07, 6.45) is 9.16. The molecule has 14 nitrogen and oxygen atoms in total. The number of allylic oxidation sites excluding steroid dienone is 4. The normalized spacial score (nSPS) is 20.6. The number of carbonyl (C=O) groups is 6. The quantitative estimate of drug-likeness (QED) is 0.146. The average molecular weight is 727 g/mol. The van der Waals surface area contributed by atoms with Crippen molar-refractivity contribution < 1.29 is 46.8 Å². The minimum absolute atomic E-state index is 0.0834. The topological polar surface area (TPSA) is 186 Å². The minimum atomic E-state index is -5.02. The van der Waals surface area contributed by atoms with Gasteiger partial charge < -0.3 is 4.74 Å². The predicted molar refractivity (Wildman–Crippen MR) is 185 cm³/mol. The van der Waals surface area contributed by atoms with E-state index in [9.17, 15) is 37.2 Å². The Kier molecular flexibility index (Phi) is 13.7. The van der Waals surface area contributed by atoms with Gasteiger partial charge in [0.05, 0.1) is 11.8 Å². The Labute approximate surface area is 298 Å². The number of fused-ring (bicyclic) bond motifs is 1. The van der Waals surface area contributed by atoms with E-state index < -0.39 is 75.1 Å². The van der Waals surface area contributed by atoms with Crippen LogP contribution in [0.3, 0.4) is 0 Å². The summed E-state index contributed by atoms with van der Waals surface area (Å²) in [7, 11) is -5.02. The molecule has 0 bridgehead atoms. The van der Waals surface area contributed by atoms with Crippen LogP contribution in [0.4, 0.5) is 0 Å². The molecule has 276 valence electrons. The van der Waals surface area contributed by atoms with Gasteiger partial charge in [0.2, 0.25) is 17.7 Å². The largest absolute Gasteiger partial charge is 0.350 e. The number of ketones is 1. The van der Waals surface area contributed by atoms with E-state index in [0.29, 0.717) is 22.3 Å².